The van der Waals surface area contributed by atoms with E-state index in [2.05, 4.69) is 11.1 Å². The molecule has 0 radical (unpaired) electrons. The molecule has 0 unspecified atom stereocenters. The lowest BCUT2D eigenvalue weighted by molar-refractivity contribution is 0.355. The number of fused-ring (bicyclic) bond motifs is 1. The van der Waals surface area contributed by atoms with Gasteiger partial charge >= 0.3 is 0 Å². The summed E-state index contributed by atoms with van der Waals surface area (Å²) in [7, 11) is 3.16. The summed E-state index contributed by atoms with van der Waals surface area (Å²) in [5.74, 6) is 1.72. The standard InChI is InChI=1S/C16H12N2O3/c1-19-14-6-4-11(8-15(14)20-2)16-18-12-7-10(9-17)3-5-13(12)21-16/h3-8H,1-2H3. The van der Waals surface area contributed by atoms with Crippen molar-refractivity contribution in [1.29, 1.82) is 5.26 Å². The van der Waals surface area contributed by atoms with Gasteiger partial charge in [0.25, 0.3) is 0 Å². The summed E-state index contributed by atoms with van der Waals surface area (Å²) in [4.78, 5) is 4.41. The summed E-state index contributed by atoms with van der Waals surface area (Å²) in [5, 5.41) is 8.91. The van der Waals surface area contributed by atoms with Crippen molar-refractivity contribution >= 4 is 11.1 Å². The third kappa shape index (κ3) is 2.28. The molecule has 5 heteroatoms. The van der Waals surface area contributed by atoms with Crippen LogP contribution in [0.4, 0.5) is 0 Å². The molecule has 0 saturated carbocycles. The minimum Gasteiger partial charge on any atom is -0.493 e. The summed E-state index contributed by atoms with van der Waals surface area (Å²) in [5.41, 5.74) is 2.62. The summed E-state index contributed by atoms with van der Waals surface area (Å²) in [6.07, 6.45) is 0. The van der Waals surface area contributed by atoms with Crippen molar-refractivity contribution in [3.05, 3.63) is 42.0 Å². The fourth-order valence-electron chi connectivity index (χ4n) is 2.09. The van der Waals surface area contributed by atoms with Crippen LogP contribution >= 0.6 is 0 Å². The molecule has 0 atom stereocenters. The van der Waals surface area contributed by atoms with Gasteiger partial charge in [0.15, 0.2) is 17.1 Å². The number of methoxy groups -OCH3 is 2. The fraction of sp³-hybridized carbons (Fsp3) is 0.125. The van der Waals surface area contributed by atoms with Gasteiger partial charge in [-0.25, -0.2) is 4.98 Å². The molecule has 0 bridgehead atoms. The molecule has 0 saturated heterocycles. The van der Waals surface area contributed by atoms with Crippen LogP contribution in [0.3, 0.4) is 0 Å². The maximum absolute atomic E-state index is 8.91. The zero-order chi connectivity index (χ0) is 14.8. The normalized spacial score (nSPS) is 10.3. The van der Waals surface area contributed by atoms with Gasteiger partial charge in [0, 0.05) is 5.56 Å². The van der Waals surface area contributed by atoms with Crippen LogP contribution in [0.15, 0.2) is 40.8 Å². The number of benzene rings is 2. The number of hydrogen-bond donors (Lipinski definition) is 0. The predicted octanol–water partition coefficient (Wildman–Crippen LogP) is 3.38. The second kappa shape index (κ2) is 5.17. The Hall–Kier alpha value is -3.00. The Morgan fingerprint density at radius 2 is 1.86 bits per heavy atom. The number of nitrogens with zero attached hydrogens (tertiary/aromatic N) is 2. The largest absolute Gasteiger partial charge is 0.493 e. The Morgan fingerprint density at radius 1 is 1.05 bits per heavy atom. The lowest BCUT2D eigenvalue weighted by Gasteiger charge is -2.07. The maximum Gasteiger partial charge on any atom is 0.227 e. The Bertz CT molecular complexity index is 846. The van der Waals surface area contributed by atoms with E-state index in [1.165, 1.54) is 0 Å². The SMILES string of the molecule is COc1ccc(-c2nc3cc(C#N)ccc3o2)cc1OC. The van der Waals surface area contributed by atoms with E-state index in [1.54, 1.807) is 44.6 Å². The van der Waals surface area contributed by atoms with Crippen LogP contribution in [0.1, 0.15) is 5.56 Å². The van der Waals surface area contributed by atoms with E-state index in [-0.39, 0.29) is 0 Å². The maximum atomic E-state index is 8.91. The van der Waals surface area contributed by atoms with Crippen LogP contribution in [0.5, 0.6) is 11.5 Å². The number of rotatable bonds is 3. The number of nitriles is 1. The zero-order valence-electron chi connectivity index (χ0n) is 11.6. The molecule has 0 aliphatic rings. The first kappa shape index (κ1) is 13.0. The Balaban J connectivity index is 2.10. The molecule has 3 rings (SSSR count). The second-order valence-electron chi connectivity index (χ2n) is 4.38. The molecule has 5 nitrogen and oxygen atoms in total. The van der Waals surface area contributed by atoms with E-state index in [4.69, 9.17) is 19.2 Å². The highest BCUT2D eigenvalue weighted by molar-refractivity contribution is 5.78. The Kier molecular flexibility index (Phi) is 3.20. The quantitative estimate of drug-likeness (QED) is 0.735. The first-order valence-electron chi connectivity index (χ1n) is 6.28. The number of aromatic nitrogens is 1. The number of ether oxygens (including phenoxy) is 2. The van der Waals surface area contributed by atoms with Crippen molar-refractivity contribution in [1.82, 2.24) is 4.98 Å². The molecule has 0 aliphatic heterocycles. The van der Waals surface area contributed by atoms with Crippen molar-refractivity contribution in [3.8, 4) is 29.0 Å². The molecular formula is C16H12N2O3. The van der Waals surface area contributed by atoms with E-state index in [9.17, 15) is 0 Å². The van der Waals surface area contributed by atoms with Crippen LogP contribution in [0, 0.1) is 11.3 Å². The van der Waals surface area contributed by atoms with Crippen molar-refractivity contribution in [2.24, 2.45) is 0 Å². The number of hydrogen-bond acceptors (Lipinski definition) is 5. The summed E-state index contributed by atoms with van der Waals surface area (Å²) < 4.78 is 16.2. The second-order valence-corrected chi connectivity index (χ2v) is 4.38. The third-order valence-electron chi connectivity index (χ3n) is 3.15. The monoisotopic (exact) mass is 280 g/mol. The topological polar surface area (TPSA) is 68.3 Å². The van der Waals surface area contributed by atoms with Crippen molar-refractivity contribution < 1.29 is 13.9 Å². The van der Waals surface area contributed by atoms with Crippen LogP contribution in [-0.2, 0) is 0 Å². The van der Waals surface area contributed by atoms with E-state index in [0.29, 0.717) is 34.1 Å². The molecule has 0 N–H and O–H groups in total. The van der Waals surface area contributed by atoms with Gasteiger partial charge < -0.3 is 13.9 Å². The molecule has 21 heavy (non-hydrogen) atoms. The number of oxazole rings is 1. The highest BCUT2D eigenvalue weighted by Crippen LogP contribution is 2.33. The summed E-state index contributed by atoms with van der Waals surface area (Å²) in [6, 6.07) is 12.7. The molecule has 0 aliphatic carbocycles. The van der Waals surface area contributed by atoms with Gasteiger partial charge in [-0.3, -0.25) is 0 Å². The molecule has 0 spiro atoms. The van der Waals surface area contributed by atoms with Gasteiger partial charge in [-0.05, 0) is 36.4 Å². The minimum atomic E-state index is 0.473. The van der Waals surface area contributed by atoms with E-state index < -0.39 is 0 Å². The van der Waals surface area contributed by atoms with Crippen molar-refractivity contribution in [2.75, 3.05) is 14.2 Å². The Morgan fingerprint density at radius 3 is 2.57 bits per heavy atom. The molecule has 0 fully saturated rings. The van der Waals surface area contributed by atoms with Crippen LogP contribution in [0.2, 0.25) is 0 Å². The lowest BCUT2D eigenvalue weighted by Crippen LogP contribution is -1.90. The van der Waals surface area contributed by atoms with Crippen LogP contribution in [0.25, 0.3) is 22.6 Å². The summed E-state index contributed by atoms with van der Waals surface area (Å²) in [6.45, 7) is 0. The van der Waals surface area contributed by atoms with E-state index >= 15 is 0 Å². The molecule has 1 aromatic heterocycles. The highest BCUT2D eigenvalue weighted by atomic mass is 16.5. The van der Waals surface area contributed by atoms with Gasteiger partial charge in [-0.15, -0.1) is 0 Å². The predicted molar refractivity (Wildman–Crippen MR) is 77.3 cm³/mol. The van der Waals surface area contributed by atoms with Gasteiger partial charge in [0.1, 0.15) is 5.52 Å². The van der Waals surface area contributed by atoms with Gasteiger partial charge in [-0.2, -0.15) is 5.26 Å². The average Bonchev–Trinajstić information content (AvgIpc) is 2.96. The van der Waals surface area contributed by atoms with Crippen LogP contribution < -0.4 is 9.47 Å². The fourth-order valence-corrected chi connectivity index (χ4v) is 2.09. The highest BCUT2D eigenvalue weighted by Gasteiger charge is 2.12. The third-order valence-corrected chi connectivity index (χ3v) is 3.15. The van der Waals surface area contributed by atoms with E-state index in [1.807, 2.05) is 6.07 Å². The molecule has 1 heterocycles. The minimum absolute atomic E-state index is 0.473. The van der Waals surface area contributed by atoms with Gasteiger partial charge in [-0.1, -0.05) is 0 Å². The first-order chi connectivity index (χ1) is 10.2. The lowest BCUT2D eigenvalue weighted by atomic mass is 10.2. The smallest absolute Gasteiger partial charge is 0.227 e. The molecule has 3 aromatic rings. The van der Waals surface area contributed by atoms with Gasteiger partial charge in [0.05, 0.1) is 25.9 Å². The van der Waals surface area contributed by atoms with Crippen molar-refractivity contribution in [3.63, 3.8) is 0 Å². The van der Waals surface area contributed by atoms with Gasteiger partial charge in [0.2, 0.25) is 5.89 Å². The molecule has 0 amide bonds. The first-order valence-corrected chi connectivity index (χ1v) is 6.28. The molecular weight excluding hydrogens is 268 g/mol. The Labute approximate surface area is 121 Å². The van der Waals surface area contributed by atoms with Crippen molar-refractivity contribution in [2.45, 2.75) is 0 Å². The zero-order valence-corrected chi connectivity index (χ0v) is 11.6. The average molecular weight is 280 g/mol. The van der Waals surface area contributed by atoms with Crippen LogP contribution in [-0.4, -0.2) is 19.2 Å². The molecule has 2 aromatic carbocycles. The molecule has 104 valence electrons. The summed E-state index contributed by atoms with van der Waals surface area (Å²) >= 11 is 0. The van der Waals surface area contributed by atoms with E-state index in [0.717, 1.165) is 5.56 Å².